The van der Waals surface area contributed by atoms with Crippen LogP contribution in [0.15, 0.2) is 36.5 Å². The van der Waals surface area contributed by atoms with Crippen LogP contribution in [0.2, 0.25) is 0 Å². The van der Waals surface area contributed by atoms with Gasteiger partial charge in [-0.3, -0.25) is 9.78 Å². The Labute approximate surface area is 167 Å². The van der Waals surface area contributed by atoms with Crippen LogP contribution in [0.1, 0.15) is 56.9 Å². The third-order valence-corrected chi connectivity index (χ3v) is 5.98. The van der Waals surface area contributed by atoms with Gasteiger partial charge in [-0.15, -0.1) is 0 Å². The van der Waals surface area contributed by atoms with Gasteiger partial charge in [0.1, 0.15) is 5.54 Å². The fraction of sp³-hybridized carbons (Fsp3) is 0.500. The summed E-state index contributed by atoms with van der Waals surface area (Å²) in [7, 11) is 0. The Morgan fingerprint density at radius 2 is 1.89 bits per heavy atom. The van der Waals surface area contributed by atoms with Gasteiger partial charge >= 0.3 is 0 Å². The molecule has 4 nitrogen and oxygen atoms in total. The lowest BCUT2D eigenvalue weighted by Gasteiger charge is -2.33. The molecule has 1 aliphatic heterocycles. The lowest BCUT2D eigenvalue weighted by atomic mass is 9.82. The minimum atomic E-state index is -0.383. The van der Waals surface area contributed by atoms with E-state index in [0.29, 0.717) is 6.42 Å². The maximum Gasteiger partial charge on any atom is 0.222 e. The highest BCUT2D eigenvalue weighted by molar-refractivity contribution is 5.80. The van der Waals surface area contributed by atoms with Crippen LogP contribution >= 0.6 is 0 Å². The topological polar surface area (TPSA) is 45.2 Å². The van der Waals surface area contributed by atoms with Crippen molar-refractivity contribution in [2.75, 3.05) is 19.6 Å². The van der Waals surface area contributed by atoms with Crippen molar-refractivity contribution in [3.8, 4) is 11.8 Å². The largest absolute Gasteiger partial charge is 0.340 e. The van der Waals surface area contributed by atoms with Gasteiger partial charge in [0.15, 0.2) is 0 Å². The first-order valence-electron chi connectivity index (χ1n) is 10.6. The van der Waals surface area contributed by atoms with Gasteiger partial charge in [0, 0.05) is 30.1 Å². The van der Waals surface area contributed by atoms with E-state index < -0.39 is 0 Å². The van der Waals surface area contributed by atoms with E-state index >= 15 is 0 Å². The summed E-state index contributed by atoms with van der Waals surface area (Å²) in [5.41, 5.74) is 1.51. The van der Waals surface area contributed by atoms with Gasteiger partial charge in [-0.1, -0.05) is 49.3 Å². The molecule has 1 saturated heterocycles. The smallest absolute Gasteiger partial charge is 0.222 e. The SMILES string of the molecule is O=C(CCN1CCCC1)NC1(C#Cc2cnc3ccccc3c2)CCCCC1. The fourth-order valence-electron chi connectivity index (χ4n) is 4.36. The Kier molecular flexibility index (Phi) is 5.92. The Bertz CT molecular complexity index is 883. The number of aromatic nitrogens is 1. The van der Waals surface area contributed by atoms with Gasteiger partial charge < -0.3 is 10.2 Å². The second-order valence-corrected chi connectivity index (χ2v) is 8.16. The molecular weight excluding hydrogens is 346 g/mol. The Morgan fingerprint density at radius 1 is 1.11 bits per heavy atom. The molecule has 0 radical (unpaired) electrons. The number of pyridine rings is 1. The summed E-state index contributed by atoms with van der Waals surface area (Å²) >= 11 is 0. The van der Waals surface area contributed by atoms with Crippen LogP contribution in [-0.4, -0.2) is 41.0 Å². The Morgan fingerprint density at radius 3 is 2.71 bits per heavy atom. The molecule has 2 aromatic rings. The summed E-state index contributed by atoms with van der Waals surface area (Å²) in [5, 5.41) is 4.40. The maximum absolute atomic E-state index is 12.6. The van der Waals surface area contributed by atoms with E-state index in [1.54, 1.807) is 0 Å². The number of benzene rings is 1. The molecule has 0 spiro atoms. The fourth-order valence-corrected chi connectivity index (χ4v) is 4.36. The van der Waals surface area contributed by atoms with E-state index in [1.807, 2.05) is 24.4 Å². The molecule has 0 bridgehead atoms. The van der Waals surface area contributed by atoms with E-state index in [0.717, 1.165) is 61.8 Å². The maximum atomic E-state index is 12.6. The number of amides is 1. The lowest BCUT2D eigenvalue weighted by molar-refractivity contribution is -0.123. The van der Waals surface area contributed by atoms with E-state index in [1.165, 1.54) is 19.3 Å². The number of hydrogen-bond acceptors (Lipinski definition) is 3. The van der Waals surface area contributed by atoms with Crippen molar-refractivity contribution in [2.24, 2.45) is 0 Å². The molecule has 1 amide bonds. The van der Waals surface area contributed by atoms with Crippen molar-refractivity contribution in [3.63, 3.8) is 0 Å². The average molecular weight is 376 g/mol. The average Bonchev–Trinajstić information content (AvgIpc) is 3.25. The summed E-state index contributed by atoms with van der Waals surface area (Å²) in [4.78, 5) is 19.5. The molecule has 146 valence electrons. The number of likely N-dealkylation sites (tertiary alicyclic amines) is 1. The standard InChI is InChI=1S/C24H29N3O/c28-23(11-17-27-15-6-7-16-27)26-24(12-4-1-5-13-24)14-10-20-18-21-8-2-3-9-22(21)25-19-20/h2-3,8-9,18-19H,1,4-7,11-13,15-17H2,(H,26,28). The van der Waals surface area contributed by atoms with Crippen molar-refractivity contribution >= 4 is 16.8 Å². The summed E-state index contributed by atoms with van der Waals surface area (Å²) in [5.74, 6) is 6.89. The van der Waals surface area contributed by atoms with E-state index in [-0.39, 0.29) is 11.4 Å². The quantitative estimate of drug-likeness (QED) is 0.825. The van der Waals surface area contributed by atoms with Crippen molar-refractivity contribution < 1.29 is 4.79 Å². The number of hydrogen-bond donors (Lipinski definition) is 1. The molecule has 0 unspecified atom stereocenters. The van der Waals surface area contributed by atoms with Gasteiger partial charge in [0.05, 0.1) is 5.52 Å². The highest BCUT2D eigenvalue weighted by Gasteiger charge is 2.31. The van der Waals surface area contributed by atoms with Crippen LogP contribution in [0.3, 0.4) is 0 Å². The van der Waals surface area contributed by atoms with Crippen LogP contribution < -0.4 is 5.32 Å². The predicted molar refractivity (Wildman–Crippen MR) is 113 cm³/mol. The molecule has 2 fully saturated rings. The number of carbonyl (C=O) groups is 1. The second kappa shape index (κ2) is 8.75. The summed E-state index contributed by atoms with van der Waals surface area (Å²) in [6, 6.07) is 10.2. The zero-order valence-electron chi connectivity index (χ0n) is 16.5. The molecule has 2 aliphatic rings. The Hall–Kier alpha value is -2.38. The molecule has 0 atom stereocenters. The first-order chi connectivity index (χ1) is 13.7. The van der Waals surface area contributed by atoms with Crippen molar-refractivity contribution in [2.45, 2.75) is 56.9 Å². The Balaban J connectivity index is 1.47. The summed E-state index contributed by atoms with van der Waals surface area (Å²) in [6.45, 7) is 3.13. The van der Waals surface area contributed by atoms with Crippen LogP contribution in [0.5, 0.6) is 0 Å². The molecular formula is C24H29N3O. The zero-order chi connectivity index (χ0) is 19.2. The third-order valence-electron chi connectivity index (χ3n) is 5.98. The van der Waals surface area contributed by atoms with Crippen molar-refractivity contribution in [1.29, 1.82) is 0 Å². The molecule has 4 heteroatoms. The minimum Gasteiger partial charge on any atom is -0.340 e. The monoisotopic (exact) mass is 375 g/mol. The van der Waals surface area contributed by atoms with Gasteiger partial charge in [0.25, 0.3) is 0 Å². The molecule has 1 N–H and O–H groups in total. The number of rotatable bonds is 4. The molecule has 1 aliphatic carbocycles. The van der Waals surface area contributed by atoms with Gasteiger partial charge in [-0.2, -0.15) is 0 Å². The molecule has 28 heavy (non-hydrogen) atoms. The lowest BCUT2D eigenvalue weighted by Crippen LogP contribution is -2.49. The molecule has 4 rings (SSSR count). The van der Waals surface area contributed by atoms with E-state index in [9.17, 15) is 4.79 Å². The molecule has 2 heterocycles. The number of para-hydroxylation sites is 1. The third kappa shape index (κ3) is 4.72. The van der Waals surface area contributed by atoms with Gasteiger partial charge in [-0.25, -0.2) is 0 Å². The highest BCUT2D eigenvalue weighted by atomic mass is 16.1. The van der Waals surface area contributed by atoms with Crippen molar-refractivity contribution in [3.05, 3.63) is 42.1 Å². The zero-order valence-corrected chi connectivity index (χ0v) is 16.5. The molecule has 1 aromatic heterocycles. The number of nitrogens with one attached hydrogen (secondary N) is 1. The summed E-state index contributed by atoms with van der Waals surface area (Å²) < 4.78 is 0. The summed E-state index contributed by atoms with van der Waals surface area (Å²) in [6.07, 6.45) is 10.3. The highest BCUT2D eigenvalue weighted by Crippen LogP contribution is 2.28. The number of fused-ring (bicyclic) bond motifs is 1. The minimum absolute atomic E-state index is 0.139. The van der Waals surface area contributed by atoms with E-state index in [2.05, 4.69) is 39.2 Å². The molecule has 1 aromatic carbocycles. The second-order valence-electron chi connectivity index (χ2n) is 8.16. The number of nitrogens with zero attached hydrogens (tertiary/aromatic N) is 2. The van der Waals surface area contributed by atoms with Crippen LogP contribution in [0.25, 0.3) is 10.9 Å². The van der Waals surface area contributed by atoms with E-state index in [4.69, 9.17) is 0 Å². The first-order valence-corrected chi connectivity index (χ1v) is 10.6. The van der Waals surface area contributed by atoms with Gasteiger partial charge in [-0.05, 0) is 50.9 Å². The van der Waals surface area contributed by atoms with Crippen LogP contribution in [0, 0.1) is 11.8 Å². The first kappa shape index (κ1) is 19.0. The van der Waals surface area contributed by atoms with Crippen LogP contribution in [-0.2, 0) is 4.79 Å². The van der Waals surface area contributed by atoms with Crippen LogP contribution in [0.4, 0.5) is 0 Å². The van der Waals surface area contributed by atoms with Gasteiger partial charge in [0.2, 0.25) is 5.91 Å². The number of carbonyl (C=O) groups excluding carboxylic acids is 1. The predicted octanol–water partition coefficient (Wildman–Crippen LogP) is 3.89. The normalized spacial score (nSPS) is 19.1. The molecule has 1 saturated carbocycles. The van der Waals surface area contributed by atoms with Crippen molar-refractivity contribution in [1.82, 2.24) is 15.2 Å².